The zero-order valence-electron chi connectivity index (χ0n) is 24.4. The number of hydrogen-bond acceptors (Lipinski definition) is 4. The van der Waals surface area contributed by atoms with Gasteiger partial charge in [0.25, 0.3) is 5.91 Å². The standard InChI is InChI=1S/C33H42N2O4/c1-32(2,3)22-14-12-21(13-15-22)23-16-17-27(39-7)24-19-26(30(36)35-29(31(37)38)33(4,5)6)34-25(28(23)24)18-20-10-8-9-11-20/h12-17,19-20,29H,8-11,18H2,1-7H3,(H,35,36)(H,37,38). The van der Waals surface area contributed by atoms with Crippen molar-refractivity contribution in [2.75, 3.05) is 7.11 Å². The van der Waals surface area contributed by atoms with Crippen LogP contribution in [0.1, 0.15) is 89.0 Å². The fourth-order valence-corrected chi connectivity index (χ4v) is 5.60. The molecule has 1 aliphatic rings. The Morgan fingerprint density at radius 1 is 1.03 bits per heavy atom. The summed E-state index contributed by atoms with van der Waals surface area (Å²) < 4.78 is 5.76. The van der Waals surface area contributed by atoms with Crippen molar-refractivity contribution in [2.45, 2.75) is 85.1 Å². The number of ether oxygens (including phenoxy) is 1. The smallest absolute Gasteiger partial charge is 0.326 e. The summed E-state index contributed by atoms with van der Waals surface area (Å²) in [5.74, 6) is -0.396. The molecule has 0 bridgehead atoms. The Balaban J connectivity index is 1.89. The maximum absolute atomic E-state index is 13.4. The predicted octanol–water partition coefficient (Wildman–Crippen LogP) is 7.17. The molecule has 1 unspecified atom stereocenters. The summed E-state index contributed by atoms with van der Waals surface area (Å²) in [5.41, 5.74) is 3.87. The number of carbonyl (C=O) groups excluding carboxylic acids is 1. The second kappa shape index (κ2) is 11.0. The molecule has 6 heteroatoms. The van der Waals surface area contributed by atoms with Crippen molar-refractivity contribution in [1.82, 2.24) is 10.3 Å². The minimum absolute atomic E-state index is 0.0544. The zero-order chi connectivity index (χ0) is 28.5. The van der Waals surface area contributed by atoms with Crippen molar-refractivity contribution >= 4 is 22.6 Å². The molecule has 6 nitrogen and oxygen atoms in total. The van der Waals surface area contributed by atoms with E-state index in [1.807, 2.05) is 6.07 Å². The van der Waals surface area contributed by atoms with Gasteiger partial charge in [0.05, 0.1) is 12.8 Å². The van der Waals surface area contributed by atoms with Crippen LogP contribution < -0.4 is 10.1 Å². The largest absolute Gasteiger partial charge is 0.496 e. The predicted molar refractivity (Wildman–Crippen MR) is 156 cm³/mol. The first-order chi connectivity index (χ1) is 18.3. The van der Waals surface area contributed by atoms with Gasteiger partial charge in [-0.15, -0.1) is 0 Å². The molecular weight excluding hydrogens is 488 g/mol. The van der Waals surface area contributed by atoms with Crippen LogP contribution in [0, 0.1) is 11.3 Å². The minimum Gasteiger partial charge on any atom is -0.496 e. The molecule has 2 N–H and O–H groups in total. The minimum atomic E-state index is -1.07. The Bertz CT molecular complexity index is 1360. The topological polar surface area (TPSA) is 88.5 Å². The summed E-state index contributed by atoms with van der Waals surface area (Å²) >= 11 is 0. The Morgan fingerprint density at radius 3 is 2.21 bits per heavy atom. The molecule has 1 aliphatic carbocycles. The van der Waals surface area contributed by atoms with E-state index in [4.69, 9.17) is 9.72 Å². The van der Waals surface area contributed by atoms with Gasteiger partial charge in [-0.2, -0.15) is 0 Å². The lowest BCUT2D eigenvalue weighted by Gasteiger charge is -2.27. The molecule has 0 radical (unpaired) electrons. The van der Waals surface area contributed by atoms with Crippen molar-refractivity contribution in [2.24, 2.45) is 11.3 Å². The number of pyridine rings is 1. The molecule has 0 saturated heterocycles. The van der Waals surface area contributed by atoms with Crippen LogP contribution in [0.5, 0.6) is 5.75 Å². The van der Waals surface area contributed by atoms with Crippen LogP contribution in [0.3, 0.4) is 0 Å². The number of carboxylic acids is 1. The van der Waals surface area contributed by atoms with E-state index in [1.54, 1.807) is 33.9 Å². The van der Waals surface area contributed by atoms with Crippen molar-refractivity contribution in [3.05, 3.63) is 59.4 Å². The third-order valence-electron chi connectivity index (χ3n) is 7.89. The molecule has 2 aromatic carbocycles. The van der Waals surface area contributed by atoms with Crippen LogP contribution in [0.4, 0.5) is 0 Å². The van der Waals surface area contributed by atoms with E-state index in [0.29, 0.717) is 11.7 Å². The van der Waals surface area contributed by atoms with Crippen molar-refractivity contribution in [3.63, 3.8) is 0 Å². The van der Waals surface area contributed by atoms with Crippen LogP contribution in [0.2, 0.25) is 0 Å². The summed E-state index contributed by atoms with van der Waals surface area (Å²) in [6.45, 7) is 12.0. The molecule has 0 spiro atoms. The maximum Gasteiger partial charge on any atom is 0.326 e. The molecule has 1 saturated carbocycles. The molecule has 1 fully saturated rings. The highest BCUT2D eigenvalue weighted by molar-refractivity contribution is 6.05. The normalized spacial score (nSPS) is 15.4. The first kappa shape index (κ1) is 28.6. The van der Waals surface area contributed by atoms with Crippen LogP contribution in [0.15, 0.2) is 42.5 Å². The fourth-order valence-electron chi connectivity index (χ4n) is 5.60. The Hall–Kier alpha value is -3.41. The average molecular weight is 531 g/mol. The number of nitrogens with one attached hydrogen (secondary N) is 1. The van der Waals surface area contributed by atoms with E-state index in [0.717, 1.165) is 46.9 Å². The molecule has 1 heterocycles. The van der Waals surface area contributed by atoms with Gasteiger partial charge in [0, 0.05) is 10.8 Å². The van der Waals surface area contributed by atoms with E-state index in [2.05, 4.69) is 56.4 Å². The van der Waals surface area contributed by atoms with E-state index in [1.165, 1.54) is 18.4 Å². The van der Waals surface area contributed by atoms with Gasteiger partial charge in [0.1, 0.15) is 17.5 Å². The summed E-state index contributed by atoms with van der Waals surface area (Å²) in [5, 5.41) is 14.3. The number of nitrogens with zero attached hydrogens (tertiary/aromatic N) is 1. The first-order valence-electron chi connectivity index (χ1n) is 13.9. The number of aliphatic carboxylic acids is 1. The third kappa shape index (κ3) is 6.26. The van der Waals surface area contributed by atoms with E-state index >= 15 is 0 Å². The van der Waals surface area contributed by atoms with Gasteiger partial charge in [-0.1, -0.05) is 91.5 Å². The number of rotatable bonds is 7. The number of carbonyl (C=O) groups is 2. The molecular formula is C33H42N2O4. The van der Waals surface area contributed by atoms with Crippen molar-refractivity contribution in [3.8, 4) is 16.9 Å². The van der Waals surface area contributed by atoms with Gasteiger partial charge in [-0.3, -0.25) is 4.79 Å². The third-order valence-corrected chi connectivity index (χ3v) is 7.89. The van der Waals surface area contributed by atoms with Gasteiger partial charge in [-0.05, 0) is 58.1 Å². The lowest BCUT2D eigenvalue weighted by atomic mass is 9.85. The molecule has 0 aliphatic heterocycles. The highest BCUT2D eigenvalue weighted by Crippen LogP contribution is 2.39. The van der Waals surface area contributed by atoms with Crippen LogP contribution >= 0.6 is 0 Å². The number of hydrogen-bond donors (Lipinski definition) is 2. The van der Waals surface area contributed by atoms with Crippen molar-refractivity contribution in [1.29, 1.82) is 0 Å². The van der Waals surface area contributed by atoms with Crippen LogP contribution in [-0.4, -0.2) is 35.1 Å². The van der Waals surface area contributed by atoms with Crippen LogP contribution in [-0.2, 0) is 16.6 Å². The number of aromatic nitrogens is 1. The van der Waals surface area contributed by atoms with Gasteiger partial charge in [0.2, 0.25) is 0 Å². The summed E-state index contributed by atoms with van der Waals surface area (Å²) in [4.78, 5) is 30.3. The fraction of sp³-hybridized carbons (Fsp3) is 0.485. The number of benzene rings is 2. The van der Waals surface area contributed by atoms with E-state index in [-0.39, 0.29) is 11.1 Å². The second-order valence-electron chi connectivity index (χ2n) is 13.0. The average Bonchev–Trinajstić information content (AvgIpc) is 3.38. The molecule has 1 atom stereocenters. The van der Waals surface area contributed by atoms with Gasteiger partial charge in [0.15, 0.2) is 0 Å². The second-order valence-corrected chi connectivity index (χ2v) is 13.0. The number of amides is 1. The van der Waals surface area contributed by atoms with Crippen molar-refractivity contribution < 1.29 is 19.4 Å². The Morgan fingerprint density at radius 2 is 1.67 bits per heavy atom. The van der Waals surface area contributed by atoms with Gasteiger partial charge < -0.3 is 15.2 Å². The quantitative estimate of drug-likeness (QED) is 0.338. The SMILES string of the molecule is COc1ccc(-c2ccc(C(C)(C)C)cc2)c2c(CC3CCCC3)nc(C(=O)NC(C(=O)O)C(C)(C)C)cc12. The molecule has 3 aromatic rings. The number of fused-ring (bicyclic) bond motifs is 1. The Kier molecular flexibility index (Phi) is 8.06. The first-order valence-corrected chi connectivity index (χ1v) is 13.9. The van der Waals surface area contributed by atoms with E-state index in [9.17, 15) is 14.7 Å². The molecule has 39 heavy (non-hydrogen) atoms. The number of carboxylic acid groups (broad SMARTS) is 1. The highest BCUT2D eigenvalue weighted by Gasteiger charge is 2.33. The van der Waals surface area contributed by atoms with Gasteiger partial charge >= 0.3 is 5.97 Å². The summed E-state index contributed by atoms with van der Waals surface area (Å²) in [6.07, 6.45) is 5.46. The monoisotopic (exact) mass is 530 g/mol. The lowest BCUT2D eigenvalue weighted by molar-refractivity contribution is -0.142. The molecule has 1 amide bonds. The molecule has 1 aromatic heterocycles. The summed E-state index contributed by atoms with van der Waals surface area (Å²) in [7, 11) is 1.63. The Labute approximate surface area is 232 Å². The lowest BCUT2D eigenvalue weighted by Crippen LogP contribution is -2.49. The van der Waals surface area contributed by atoms with Gasteiger partial charge in [-0.25, -0.2) is 9.78 Å². The number of methoxy groups -OCH3 is 1. The highest BCUT2D eigenvalue weighted by atomic mass is 16.5. The van der Waals surface area contributed by atoms with Crippen LogP contribution in [0.25, 0.3) is 21.9 Å². The summed E-state index contributed by atoms with van der Waals surface area (Å²) in [6, 6.07) is 13.4. The maximum atomic E-state index is 13.4. The molecule has 4 rings (SSSR count). The zero-order valence-corrected chi connectivity index (χ0v) is 24.4. The van der Waals surface area contributed by atoms with E-state index < -0.39 is 23.3 Å². The molecule has 208 valence electrons.